The van der Waals surface area contributed by atoms with Gasteiger partial charge in [-0.2, -0.15) is 0 Å². The number of amides is 2. The summed E-state index contributed by atoms with van der Waals surface area (Å²) in [5.41, 5.74) is 2.46. The molecule has 1 aliphatic carbocycles. The number of thiazole rings is 1. The Morgan fingerprint density at radius 3 is 2.61 bits per heavy atom. The van der Waals surface area contributed by atoms with Gasteiger partial charge in [0.1, 0.15) is 5.69 Å². The number of aryl methyl sites for hydroxylation is 1. The zero-order valence-corrected chi connectivity index (χ0v) is 19.6. The van der Waals surface area contributed by atoms with Crippen LogP contribution in [-0.4, -0.2) is 34.8 Å². The summed E-state index contributed by atoms with van der Waals surface area (Å²) in [6, 6.07) is 5.80. The molecule has 2 heterocycles. The summed E-state index contributed by atoms with van der Waals surface area (Å²) in [5, 5.41) is 6.48. The first-order valence-corrected chi connectivity index (χ1v) is 12.5. The fourth-order valence-corrected chi connectivity index (χ4v) is 5.73. The highest BCUT2D eigenvalue weighted by atomic mass is 35.5. The van der Waals surface area contributed by atoms with Gasteiger partial charge in [-0.15, -0.1) is 11.3 Å². The van der Waals surface area contributed by atoms with E-state index in [4.69, 9.17) is 11.6 Å². The first-order valence-electron chi connectivity index (χ1n) is 11.3. The van der Waals surface area contributed by atoms with Crippen molar-refractivity contribution >= 4 is 34.8 Å². The number of likely N-dealkylation sites (tertiary alicyclic amines) is 1. The fraction of sp³-hybridized carbons (Fsp3) is 0.542. The molecular weight excluding hydrogens is 430 g/mol. The number of benzene rings is 1. The van der Waals surface area contributed by atoms with Gasteiger partial charge in [0, 0.05) is 41.9 Å². The van der Waals surface area contributed by atoms with Crippen molar-refractivity contribution in [2.45, 2.75) is 64.3 Å². The number of nitrogens with zero attached hydrogens (tertiary/aromatic N) is 2. The molecular formula is C24H30ClN3O2S. The van der Waals surface area contributed by atoms with Crippen LogP contribution in [0.25, 0.3) is 0 Å². The zero-order chi connectivity index (χ0) is 21.8. The van der Waals surface area contributed by atoms with Crippen LogP contribution in [0.2, 0.25) is 5.02 Å². The first kappa shape index (κ1) is 22.3. The maximum atomic E-state index is 12.8. The van der Waals surface area contributed by atoms with E-state index < -0.39 is 0 Å². The van der Waals surface area contributed by atoms with Crippen LogP contribution in [-0.2, 0) is 11.3 Å². The third kappa shape index (κ3) is 5.47. The molecule has 0 atom stereocenters. The first-order chi connectivity index (χ1) is 15.0. The van der Waals surface area contributed by atoms with Crippen LogP contribution in [0.1, 0.15) is 77.5 Å². The molecule has 1 aromatic heterocycles. The van der Waals surface area contributed by atoms with Crippen molar-refractivity contribution in [1.29, 1.82) is 0 Å². The van der Waals surface area contributed by atoms with Gasteiger partial charge < -0.3 is 10.2 Å². The molecule has 166 valence electrons. The normalized spacial score (nSPS) is 18.2. The summed E-state index contributed by atoms with van der Waals surface area (Å²) >= 11 is 7.71. The largest absolute Gasteiger partial charge is 0.347 e. The number of aromatic nitrogens is 1. The molecule has 4 rings (SSSR count). The average molecular weight is 460 g/mol. The third-order valence-electron chi connectivity index (χ3n) is 6.55. The van der Waals surface area contributed by atoms with E-state index in [-0.39, 0.29) is 11.8 Å². The van der Waals surface area contributed by atoms with Gasteiger partial charge in [0.25, 0.3) is 5.91 Å². The zero-order valence-electron chi connectivity index (χ0n) is 18.0. The van der Waals surface area contributed by atoms with Crippen molar-refractivity contribution in [2.75, 3.05) is 13.1 Å². The van der Waals surface area contributed by atoms with Gasteiger partial charge in [0.05, 0.1) is 5.01 Å². The molecule has 2 aromatic rings. The van der Waals surface area contributed by atoms with E-state index in [1.165, 1.54) is 19.3 Å². The van der Waals surface area contributed by atoms with Crippen LogP contribution >= 0.6 is 22.9 Å². The Bertz CT molecular complexity index is 931. The molecule has 0 unspecified atom stereocenters. The highest BCUT2D eigenvalue weighted by Gasteiger charge is 2.30. The average Bonchev–Trinajstić information content (AvgIpc) is 3.30. The fourth-order valence-electron chi connectivity index (χ4n) is 4.55. The minimum atomic E-state index is -0.163. The highest BCUT2D eigenvalue weighted by Crippen LogP contribution is 2.32. The van der Waals surface area contributed by atoms with Gasteiger partial charge in [-0.1, -0.05) is 43.0 Å². The van der Waals surface area contributed by atoms with Crippen LogP contribution < -0.4 is 5.32 Å². The van der Waals surface area contributed by atoms with Crippen LogP contribution in [0.3, 0.4) is 0 Å². The molecule has 2 fully saturated rings. The molecule has 1 saturated carbocycles. The molecule has 31 heavy (non-hydrogen) atoms. The van der Waals surface area contributed by atoms with Gasteiger partial charge in [-0.25, -0.2) is 4.98 Å². The number of hydrogen-bond acceptors (Lipinski definition) is 4. The monoisotopic (exact) mass is 459 g/mol. The van der Waals surface area contributed by atoms with Crippen LogP contribution in [0.5, 0.6) is 0 Å². The Labute approximate surface area is 193 Å². The lowest BCUT2D eigenvalue weighted by atomic mass is 9.87. The van der Waals surface area contributed by atoms with Crippen LogP contribution in [0, 0.1) is 12.8 Å². The number of carbonyl (C=O) groups is 2. The van der Waals surface area contributed by atoms with Crippen molar-refractivity contribution in [3.63, 3.8) is 0 Å². The summed E-state index contributed by atoms with van der Waals surface area (Å²) in [6.07, 6.45) is 7.60. The molecule has 7 heteroatoms. The topological polar surface area (TPSA) is 62.3 Å². The highest BCUT2D eigenvalue weighted by molar-refractivity contribution is 7.09. The van der Waals surface area contributed by atoms with Gasteiger partial charge >= 0.3 is 0 Å². The standard InChI is InChI=1S/C24H30ClN3O2S/c1-16-7-8-17(13-20(16)25)14-26-22(29)21-15-31-23(27-21)18-9-11-28(12-10-18)24(30)19-5-3-2-4-6-19/h7-8,13,15,18-19H,2-6,9-12,14H2,1H3,(H,26,29). The number of hydrogen-bond donors (Lipinski definition) is 1. The van der Waals surface area contributed by atoms with Gasteiger partial charge in [0.15, 0.2) is 0 Å². The van der Waals surface area contributed by atoms with E-state index in [9.17, 15) is 9.59 Å². The van der Waals surface area contributed by atoms with E-state index in [0.29, 0.717) is 29.1 Å². The predicted octanol–water partition coefficient (Wildman–Crippen LogP) is 5.32. The number of carbonyl (C=O) groups excluding carboxylic acids is 2. The van der Waals surface area contributed by atoms with Gasteiger partial charge in [-0.05, 0) is 49.8 Å². The lowest BCUT2D eigenvalue weighted by molar-refractivity contribution is -0.137. The second kappa shape index (κ2) is 10.1. The van der Waals surface area contributed by atoms with Crippen LogP contribution in [0.4, 0.5) is 0 Å². The van der Waals surface area contributed by atoms with Crippen molar-refractivity contribution in [3.8, 4) is 0 Å². The molecule has 2 aliphatic rings. The number of piperidine rings is 1. The maximum Gasteiger partial charge on any atom is 0.271 e. The van der Waals surface area contributed by atoms with Crippen molar-refractivity contribution < 1.29 is 9.59 Å². The molecule has 2 amide bonds. The van der Waals surface area contributed by atoms with Gasteiger partial charge in [0.2, 0.25) is 5.91 Å². The van der Waals surface area contributed by atoms with E-state index >= 15 is 0 Å². The van der Waals surface area contributed by atoms with Gasteiger partial charge in [-0.3, -0.25) is 9.59 Å². The molecule has 5 nitrogen and oxygen atoms in total. The van der Waals surface area contributed by atoms with E-state index in [1.807, 2.05) is 30.5 Å². The van der Waals surface area contributed by atoms with Crippen molar-refractivity contribution in [2.24, 2.45) is 5.92 Å². The summed E-state index contributed by atoms with van der Waals surface area (Å²) in [7, 11) is 0. The quantitative estimate of drug-likeness (QED) is 0.658. The predicted molar refractivity (Wildman–Crippen MR) is 125 cm³/mol. The smallest absolute Gasteiger partial charge is 0.271 e. The van der Waals surface area contributed by atoms with E-state index in [1.54, 1.807) is 11.3 Å². The lowest BCUT2D eigenvalue weighted by Crippen LogP contribution is -2.41. The Kier molecular flexibility index (Phi) is 7.28. The molecule has 1 saturated heterocycles. The number of rotatable bonds is 5. The minimum absolute atomic E-state index is 0.163. The number of nitrogens with one attached hydrogen (secondary N) is 1. The number of halogens is 1. The van der Waals surface area contributed by atoms with Crippen molar-refractivity contribution in [1.82, 2.24) is 15.2 Å². The lowest BCUT2D eigenvalue weighted by Gasteiger charge is -2.34. The summed E-state index contributed by atoms with van der Waals surface area (Å²) in [4.78, 5) is 32.0. The third-order valence-corrected chi connectivity index (χ3v) is 7.97. The second-order valence-corrected chi connectivity index (χ2v) is 10.1. The summed E-state index contributed by atoms with van der Waals surface area (Å²) < 4.78 is 0. The molecule has 1 N–H and O–H groups in total. The second-order valence-electron chi connectivity index (χ2n) is 8.77. The molecule has 0 radical (unpaired) electrons. The molecule has 1 aromatic carbocycles. The van der Waals surface area contributed by atoms with Crippen LogP contribution in [0.15, 0.2) is 23.6 Å². The van der Waals surface area contributed by atoms with E-state index in [0.717, 1.165) is 54.9 Å². The minimum Gasteiger partial charge on any atom is -0.347 e. The Morgan fingerprint density at radius 1 is 1.16 bits per heavy atom. The Hall–Kier alpha value is -1.92. The molecule has 0 bridgehead atoms. The van der Waals surface area contributed by atoms with Crippen molar-refractivity contribution in [3.05, 3.63) is 50.4 Å². The Balaban J connectivity index is 1.28. The summed E-state index contributed by atoms with van der Waals surface area (Å²) in [6.45, 7) is 3.98. The van der Waals surface area contributed by atoms with E-state index in [2.05, 4.69) is 15.2 Å². The summed E-state index contributed by atoms with van der Waals surface area (Å²) in [5.74, 6) is 0.763. The molecule has 0 spiro atoms. The Morgan fingerprint density at radius 2 is 1.90 bits per heavy atom. The molecule has 1 aliphatic heterocycles. The SMILES string of the molecule is Cc1ccc(CNC(=O)c2csc(C3CCN(C(=O)C4CCCCC4)CC3)n2)cc1Cl. The maximum absolute atomic E-state index is 12.8.